The highest BCUT2D eigenvalue weighted by Crippen LogP contribution is 2.24. The van der Waals surface area contributed by atoms with Crippen LogP contribution in [0.15, 0.2) is 22.7 Å². The van der Waals surface area contributed by atoms with E-state index >= 15 is 0 Å². The van der Waals surface area contributed by atoms with Crippen LogP contribution in [0.2, 0.25) is 0 Å². The van der Waals surface area contributed by atoms with Crippen LogP contribution >= 0.6 is 15.9 Å². The number of hydrogen-bond acceptors (Lipinski definition) is 3. The van der Waals surface area contributed by atoms with Crippen LogP contribution in [0.25, 0.3) is 0 Å². The van der Waals surface area contributed by atoms with Crippen molar-refractivity contribution in [2.75, 3.05) is 33.8 Å². The molecule has 0 aromatic heterocycles. The van der Waals surface area contributed by atoms with E-state index < -0.39 is 0 Å². The Kier molecular flexibility index (Phi) is 5.67. The maximum atomic E-state index is 5.29. The zero-order chi connectivity index (χ0) is 13.7. The van der Waals surface area contributed by atoms with E-state index in [0.29, 0.717) is 0 Å². The number of benzene rings is 1. The lowest BCUT2D eigenvalue weighted by Gasteiger charge is -2.27. The molecule has 1 N–H and O–H groups in total. The largest absolute Gasteiger partial charge is 0.497 e. The first kappa shape index (κ1) is 14.8. The van der Waals surface area contributed by atoms with Gasteiger partial charge >= 0.3 is 0 Å². The van der Waals surface area contributed by atoms with Gasteiger partial charge in [0, 0.05) is 17.6 Å². The van der Waals surface area contributed by atoms with Crippen molar-refractivity contribution in [1.82, 2.24) is 10.2 Å². The van der Waals surface area contributed by atoms with Crippen LogP contribution < -0.4 is 10.1 Å². The van der Waals surface area contributed by atoms with Crippen LogP contribution in [0, 0.1) is 5.92 Å². The van der Waals surface area contributed by atoms with Crippen LogP contribution in [0.5, 0.6) is 5.75 Å². The van der Waals surface area contributed by atoms with Crippen molar-refractivity contribution in [2.24, 2.45) is 5.92 Å². The van der Waals surface area contributed by atoms with Gasteiger partial charge in [0.15, 0.2) is 0 Å². The lowest BCUT2D eigenvalue weighted by molar-refractivity contribution is 0.237. The highest BCUT2D eigenvalue weighted by molar-refractivity contribution is 9.10. The minimum absolute atomic E-state index is 0.781. The Bertz CT molecular complexity index is 405. The lowest BCUT2D eigenvalue weighted by Crippen LogP contribution is -2.36. The van der Waals surface area contributed by atoms with Gasteiger partial charge in [0.2, 0.25) is 0 Å². The molecule has 0 radical (unpaired) electrons. The quantitative estimate of drug-likeness (QED) is 0.900. The van der Waals surface area contributed by atoms with Gasteiger partial charge in [-0.05, 0) is 62.7 Å². The first-order chi connectivity index (χ1) is 9.19. The zero-order valence-electron chi connectivity index (χ0n) is 11.8. The number of rotatable bonds is 5. The molecule has 0 amide bonds. The van der Waals surface area contributed by atoms with Crippen LogP contribution in [0.1, 0.15) is 18.4 Å². The second kappa shape index (κ2) is 7.27. The van der Waals surface area contributed by atoms with E-state index in [4.69, 9.17) is 4.74 Å². The molecular weight excluding hydrogens is 304 g/mol. The van der Waals surface area contributed by atoms with Crippen molar-refractivity contribution in [3.8, 4) is 5.75 Å². The molecule has 3 nitrogen and oxygen atoms in total. The van der Waals surface area contributed by atoms with Crippen molar-refractivity contribution in [1.29, 1.82) is 0 Å². The normalized spacial score (nSPS) is 19.7. The molecule has 4 heteroatoms. The van der Waals surface area contributed by atoms with Gasteiger partial charge in [-0.25, -0.2) is 0 Å². The first-order valence-electron chi connectivity index (χ1n) is 6.90. The summed E-state index contributed by atoms with van der Waals surface area (Å²) >= 11 is 3.62. The Morgan fingerprint density at radius 3 is 3.00 bits per heavy atom. The molecule has 1 saturated heterocycles. The molecule has 106 valence electrons. The Labute approximate surface area is 124 Å². The molecule has 19 heavy (non-hydrogen) atoms. The average Bonchev–Trinajstić information content (AvgIpc) is 2.42. The van der Waals surface area contributed by atoms with Gasteiger partial charge in [-0.1, -0.05) is 15.9 Å². The molecule has 1 unspecified atom stereocenters. The van der Waals surface area contributed by atoms with Crippen LogP contribution in [0.3, 0.4) is 0 Å². The van der Waals surface area contributed by atoms with E-state index in [0.717, 1.165) is 35.8 Å². The molecular formula is C15H23BrN2O. The minimum atomic E-state index is 0.781. The molecule has 1 aromatic carbocycles. The number of hydrogen-bond donors (Lipinski definition) is 1. The average molecular weight is 327 g/mol. The predicted molar refractivity (Wildman–Crippen MR) is 82.6 cm³/mol. The third kappa shape index (κ3) is 4.48. The van der Waals surface area contributed by atoms with Crippen LogP contribution in [0.4, 0.5) is 0 Å². The van der Waals surface area contributed by atoms with Gasteiger partial charge in [-0.15, -0.1) is 0 Å². The van der Waals surface area contributed by atoms with E-state index in [1.54, 1.807) is 7.11 Å². The number of nitrogens with zero attached hydrogens (tertiary/aromatic N) is 1. The van der Waals surface area contributed by atoms with Gasteiger partial charge in [-0.3, -0.25) is 0 Å². The van der Waals surface area contributed by atoms with E-state index in [1.165, 1.54) is 24.9 Å². The van der Waals surface area contributed by atoms with Crippen molar-refractivity contribution >= 4 is 15.9 Å². The topological polar surface area (TPSA) is 24.5 Å². The molecule has 0 bridgehead atoms. The molecule has 0 aliphatic carbocycles. The maximum Gasteiger partial charge on any atom is 0.119 e. The molecule has 0 spiro atoms. The number of nitrogens with one attached hydrogen (secondary N) is 1. The molecule has 1 heterocycles. The van der Waals surface area contributed by atoms with Crippen LogP contribution in [-0.4, -0.2) is 38.7 Å². The summed E-state index contributed by atoms with van der Waals surface area (Å²) in [7, 11) is 3.91. The standard InChI is InChI=1S/C15H23BrN2O/c1-18(10-12-4-3-7-17-9-12)11-13-8-14(19-2)5-6-15(13)16/h5-6,8,12,17H,3-4,7,9-11H2,1-2H3. The molecule has 1 aliphatic rings. The van der Waals surface area contributed by atoms with Gasteiger partial charge < -0.3 is 15.0 Å². The highest BCUT2D eigenvalue weighted by Gasteiger charge is 2.15. The van der Waals surface area contributed by atoms with E-state index in [-0.39, 0.29) is 0 Å². The van der Waals surface area contributed by atoms with E-state index in [9.17, 15) is 0 Å². The summed E-state index contributed by atoms with van der Waals surface area (Å²) in [4.78, 5) is 2.40. The Balaban J connectivity index is 1.92. The van der Waals surface area contributed by atoms with Crippen molar-refractivity contribution in [2.45, 2.75) is 19.4 Å². The van der Waals surface area contributed by atoms with Crippen molar-refractivity contribution < 1.29 is 4.74 Å². The predicted octanol–water partition coefficient (Wildman–Crippen LogP) is 2.89. The number of piperidine rings is 1. The first-order valence-corrected chi connectivity index (χ1v) is 7.70. The summed E-state index contributed by atoms with van der Waals surface area (Å²) in [5.41, 5.74) is 1.28. The van der Waals surface area contributed by atoms with Gasteiger partial charge in [0.1, 0.15) is 5.75 Å². The monoisotopic (exact) mass is 326 g/mol. The summed E-state index contributed by atoms with van der Waals surface area (Å²) in [6.07, 6.45) is 2.65. The lowest BCUT2D eigenvalue weighted by atomic mass is 9.99. The smallest absolute Gasteiger partial charge is 0.119 e. The molecule has 1 atom stereocenters. The van der Waals surface area contributed by atoms with Crippen molar-refractivity contribution in [3.63, 3.8) is 0 Å². The van der Waals surface area contributed by atoms with Crippen molar-refractivity contribution in [3.05, 3.63) is 28.2 Å². The fraction of sp³-hybridized carbons (Fsp3) is 0.600. The van der Waals surface area contributed by atoms with E-state index in [1.807, 2.05) is 6.07 Å². The Morgan fingerprint density at radius 2 is 2.32 bits per heavy atom. The number of ether oxygens (including phenoxy) is 1. The zero-order valence-corrected chi connectivity index (χ0v) is 13.4. The summed E-state index contributed by atoms with van der Waals surface area (Å²) in [5, 5.41) is 3.48. The molecule has 0 saturated carbocycles. The van der Waals surface area contributed by atoms with E-state index in [2.05, 4.69) is 45.3 Å². The number of methoxy groups -OCH3 is 1. The molecule has 2 rings (SSSR count). The molecule has 1 aromatic rings. The Morgan fingerprint density at radius 1 is 1.47 bits per heavy atom. The molecule has 1 aliphatic heterocycles. The third-order valence-corrected chi connectivity index (χ3v) is 4.44. The van der Waals surface area contributed by atoms with Gasteiger partial charge in [-0.2, -0.15) is 0 Å². The highest BCUT2D eigenvalue weighted by atomic mass is 79.9. The van der Waals surface area contributed by atoms with Crippen LogP contribution in [-0.2, 0) is 6.54 Å². The summed E-state index contributed by atoms with van der Waals surface area (Å²) in [6, 6.07) is 6.16. The number of halogens is 1. The molecule has 1 fully saturated rings. The Hall–Kier alpha value is -0.580. The second-order valence-corrected chi connectivity index (χ2v) is 6.22. The minimum Gasteiger partial charge on any atom is -0.497 e. The summed E-state index contributed by atoms with van der Waals surface area (Å²) < 4.78 is 6.45. The summed E-state index contributed by atoms with van der Waals surface area (Å²) in [5.74, 6) is 1.70. The second-order valence-electron chi connectivity index (χ2n) is 5.37. The SMILES string of the molecule is COc1ccc(Br)c(CN(C)CC2CCCNC2)c1. The third-order valence-electron chi connectivity index (χ3n) is 3.66. The summed E-state index contributed by atoms with van der Waals surface area (Å²) in [6.45, 7) is 4.44. The fourth-order valence-electron chi connectivity index (χ4n) is 2.68. The van der Waals surface area contributed by atoms with Gasteiger partial charge in [0.05, 0.1) is 7.11 Å². The fourth-order valence-corrected chi connectivity index (χ4v) is 3.05. The van der Waals surface area contributed by atoms with Gasteiger partial charge in [0.25, 0.3) is 0 Å². The maximum absolute atomic E-state index is 5.29.